The summed E-state index contributed by atoms with van der Waals surface area (Å²) in [5.74, 6) is -0.427. The van der Waals surface area contributed by atoms with Crippen LogP contribution in [0.5, 0.6) is 0 Å². The van der Waals surface area contributed by atoms with Crippen molar-refractivity contribution in [2.45, 2.75) is 31.2 Å². The smallest absolute Gasteiger partial charge is 0.320 e. The molecule has 0 atom stereocenters. The Bertz CT molecular complexity index is 1610. The second-order valence-electron chi connectivity index (χ2n) is 10.1. The fourth-order valence-electron chi connectivity index (χ4n) is 3.97. The predicted molar refractivity (Wildman–Crippen MR) is 160 cm³/mol. The molecule has 3 aromatic rings. The highest BCUT2D eigenvalue weighted by atomic mass is 35.5. The maximum Gasteiger partial charge on any atom is 0.326 e. The lowest BCUT2D eigenvalue weighted by Crippen LogP contribution is -2.40. The number of allylic oxidation sites excluding steroid dienone is 2. The number of benzene rings is 3. The molecular weight excluding hydrogens is 571 g/mol. The highest BCUT2D eigenvalue weighted by Gasteiger charge is 2.25. The summed E-state index contributed by atoms with van der Waals surface area (Å²) in [6, 6.07) is 17.5. The van der Waals surface area contributed by atoms with Crippen molar-refractivity contribution in [3.05, 3.63) is 101 Å². The molecule has 4 rings (SSSR count). The van der Waals surface area contributed by atoms with Crippen LogP contribution in [0, 0.1) is 0 Å². The number of hydrogen-bond acceptors (Lipinski definition) is 4. The summed E-state index contributed by atoms with van der Waals surface area (Å²) in [7, 11) is -3.79. The zero-order chi connectivity index (χ0) is 29.1. The van der Waals surface area contributed by atoms with Crippen molar-refractivity contribution in [1.29, 1.82) is 0 Å². The van der Waals surface area contributed by atoms with E-state index in [1.165, 1.54) is 11.0 Å². The molecule has 1 aliphatic rings. The molecule has 1 aliphatic heterocycles. The van der Waals surface area contributed by atoms with Gasteiger partial charge < -0.3 is 10.6 Å². The number of hydrogen-bond donors (Lipinski definition) is 3. The summed E-state index contributed by atoms with van der Waals surface area (Å²) < 4.78 is 28.8. The van der Waals surface area contributed by atoms with E-state index in [1.807, 2.05) is 0 Å². The molecular formula is C29H28Cl2N4O4S. The highest BCUT2D eigenvalue weighted by molar-refractivity contribution is 7.89. The Kier molecular flexibility index (Phi) is 8.70. The molecule has 0 fully saturated rings. The minimum absolute atomic E-state index is 0.143. The molecule has 40 heavy (non-hydrogen) atoms. The summed E-state index contributed by atoms with van der Waals surface area (Å²) in [6.45, 7) is 5.54. The van der Waals surface area contributed by atoms with Crippen LogP contribution in [-0.2, 0) is 10.0 Å². The summed E-state index contributed by atoms with van der Waals surface area (Å²) in [4.78, 5) is 27.4. The number of nitrogens with zero attached hydrogens (tertiary/aromatic N) is 1. The molecule has 3 N–H and O–H groups in total. The largest absolute Gasteiger partial charge is 0.326 e. The lowest BCUT2D eigenvalue weighted by Gasteiger charge is -2.22. The molecule has 3 aromatic carbocycles. The number of carbonyl (C=O) groups excluding carboxylic acids is 2. The number of halogens is 2. The maximum absolute atomic E-state index is 13.1. The van der Waals surface area contributed by atoms with Crippen LogP contribution in [-0.4, -0.2) is 37.3 Å². The Morgan fingerprint density at radius 3 is 2.27 bits per heavy atom. The fourth-order valence-corrected chi connectivity index (χ4v) is 5.99. The number of amides is 3. The lowest BCUT2D eigenvalue weighted by molar-refractivity contribution is 0.102. The molecule has 0 radical (unpaired) electrons. The number of rotatable bonds is 6. The van der Waals surface area contributed by atoms with Gasteiger partial charge in [-0.05, 0) is 74.9 Å². The third-order valence-corrected chi connectivity index (χ3v) is 7.97. The third-order valence-electron chi connectivity index (χ3n) is 5.67. The van der Waals surface area contributed by atoms with E-state index in [9.17, 15) is 18.0 Å². The van der Waals surface area contributed by atoms with Crippen LogP contribution in [0.4, 0.5) is 16.2 Å². The predicted octanol–water partition coefficient (Wildman–Crippen LogP) is 6.82. The van der Waals surface area contributed by atoms with Gasteiger partial charge in [0.2, 0.25) is 10.0 Å². The summed E-state index contributed by atoms with van der Waals surface area (Å²) in [5.41, 5.74) is 1.48. The molecule has 3 amide bonds. The van der Waals surface area contributed by atoms with E-state index in [0.717, 1.165) is 0 Å². The first-order valence-electron chi connectivity index (χ1n) is 12.3. The van der Waals surface area contributed by atoms with Crippen LogP contribution in [0.2, 0.25) is 5.02 Å². The van der Waals surface area contributed by atoms with Gasteiger partial charge in [-0.15, -0.1) is 0 Å². The van der Waals surface area contributed by atoms with Gasteiger partial charge in [0.1, 0.15) is 0 Å². The first kappa shape index (κ1) is 29.4. The molecule has 1 heterocycles. The normalized spacial score (nSPS) is 13.5. The van der Waals surface area contributed by atoms with E-state index in [4.69, 9.17) is 23.2 Å². The van der Waals surface area contributed by atoms with Gasteiger partial charge in [-0.1, -0.05) is 53.5 Å². The van der Waals surface area contributed by atoms with Crippen molar-refractivity contribution < 1.29 is 18.0 Å². The first-order valence-corrected chi connectivity index (χ1v) is 14.5. The van der Waals surface area contributed by atoms with E-state index in [0.29, 0.717) is 38.1 Å². The monoisotopic (exact) mass is 598 g/mol. The minimum Gasteiger partial charge on any atom is -0.320 e. The van der Waals surface area contributed by atoms with E-state index in [-0.39, 0.29) is 11.4 Å². The van der Waals surface area contributed by atoms with Gasteiger partial charge in [-0.3, -0.25) is 9.69 Å². The topological polar surface area (TPSA) is 108 Å². The Labute approximate surface area is 243 Å². The molecule has 208 valence electrons. The van der Waals surface area contributed by atoms with Crippen LogP contribution in [0.15, 0.2) is 95.0 Å². The molecule has 0 saturated heterocycles. The molecule has 0 unspecified atom stereocenters. The summed E-state index contributed by atoms with van der Waals surface area (Å²) in [5, 5.41) is 6.43. The Morgan fingerprint density at radius 2 is 1.60 bits per heavy atom. The Morgan fingerprint density at radius 1 is 0.900 bits per heavy atom. The number of anilines is 2. The van der Waals surface area contributed by atoms with Crippen molar-refractivity contribution in [2.24, 2.45) is 0 Å². The van der Waals surface area contributed by atoms with Gasteiger partial charge in [-0.25, -0.2) is 17.9 Å². The van der Waals surface area contributed by atoms with Crippen LogP contribution in [0.25, 0.3) is 11.1 Å². The minimum atomic E-state index is -3.79. The van der Waals surface area contributed by atoms with Crippen molar-refractivity contribution in [3.63, 3.8) is 0 Å². The van der Waals surface area contributed by atoms with Crippen molar-refractivity contribution in [1.82, 2.24) is 9.62 Å². The zero-order valence-corrected chi connectivity index (χ0v) is 24.4. The van der Waals surface area contributed by atoms with Gasteiger partial charge in [-0.2, -0.15) is 0 Å². The Balaban J connectivity index is 1.53. The molecule has 11 heteroatoms. The number of carbonyl (C=O) groups is 2. The highest BCUT2D eigenvalue weighted by Crippen LogP contribution is 2.30. The second kappa shape index (κ2) is 11.9. The van der Waals surface area contributed by atoms with Gasteiger partial charge in [0, 0.05) is 32.9 Å². The molecule has 0 spiro atoms. The lowest BCUT2D eigenvalue weighted by atomic mass is 10.0. The van der Waals surface area contributed by atoms with Crippen LogP contribution in [0.1, 0.15) is 31.1 Å². The fraction of sp³-hybridized carbons (Fsp3) is 0.172. The van der Waals surface area contributed by atoms with Gasteiger partial charge in [0.25, 0.3) is 5.91 Å². The zero-order valence-electron chi connectivity index (χ0n) is 22.0. The standard InChI is InChI=1S/C29H28Cl2N4O4S/c1-29(2,3)34-40(38,39)26-9-5-4-8-23(26)19-10-12-20(13-11-19)27(36)32-24-15-14-21(30)17-25(24)33-28(37)35-16-6-7-22(31)18-35/h4-17,34H,18H2,1-3H3,(H,32,36)(H,33,37). The molecule has 0 saturated carbocycles. The molecule has 0 aromatic heterocycles. The van der Waals surface area contributed by atoms with E-state index < -0.39 is 27.5 Å². The Hall–Kier alpha value is -3.63. The molecule has 8 nitrogen and oxygen atoms in total. The summed E-state index contributed by atoms with van der Waals surface area (Å²) in [6.07, 6.45) is 4.95. The van der Waals surface area contributed by atoms with E-state index >= 15 is 0 Å². The van der Waals surface area contributed by atoms with E-state index in [2.05, 4.69) is 15.4 Å². The number of nitrogens with one attached hydrogen (secondary N) is 3. The van der Waals surface area contributed by atoms with Crippen LogP contribution >= 0.6 is 23.2 Å². The second-order valence-corrected chi connectivity index (χ2v) is 12.7. The maximum atomic E-state index is 13.1. The van der Waals surface area contributed by atoms with Crippen LogP contribution < -0.4 is 15.4 Å². The van der Waals surface area contributed by atoms with Crippen molar-refractivity contribution in [3.8, 4) is 11.1 Å². The van der Waals surface area contributed by atoms with Crippen molar-refractivity contribution >= 4 is 56.5 Å². The van der Waals surface area contributed by atoms with E-state index in [1.54, 1.807) is 99.8 Å². The molecule has 0 aliphatic carbocycles. The third kappa shape index (κ3) is 7.31. The average Bonchev–Trinajstić information content (AvgIpc) is 2.89. The van der Waals surface area contributed by atoms with Gasteiger partial charge >= 0.3 is 6.03 Å². The number of sulfonamides is 1. The SMILES string of the molecule is CC(C)(C)NS(=O)(=O)c1ccccc1-c1ccc(C(=O)Nc2ccc(Cl)cc2NC(=O)N2C=CC=C(Cl)C2)cc1. The average molecular weight is 600 g/mol. The summed E-state index contributed by atoms with van der Waals surface area (Å²) >= 11 is 12.2. The van der Waals surface area contributed by atoms with Gasteiger partial charge in [0.15, 0.2) is 0 Å². The van der Waals surface area contributed by atoms with Gasteiger partial charge in [0.05, 0.1) is 22.8 Å². The van der Waals surface area contributed by atoms with Crippen molar-refractivity contribution in [2.75, 3.05) is 17.2 Å². The quantitative estimate of drug-likeness (QED) is 0.289. The molecule has 0 bridgehead atoms. The number of urea groups is 1. The first-order chi connectivity index (χ1) is 18.8. The van der Waals surface area contributed by atoms with Crippen LogP contribution in [0.3, 0.4) is 0 Å².